The van der Waals surface area contributed by atoms with Gasteiger partial charge < -0.3 is 9.47 Å². The van der Waals surface area contributed by atoms with E-state index in [1.165, 1.54) is 83.1 Å². The Kier molecular flexibility index (Phi) is 20.4. The Bertz CT molecular complexity index is 429. The first-order valence-electron chi connectivity index (χ1n) is 12.1. The molecule has 0 aromatic carbocycles. The topological polar surface area (TPSA) is 52.6 Å². The molecule has 0 N–H and O–H groups in total. The molecule has 0 saturated carbocycles. The van der Waals surface area contributed by atoms with E-state index in [0.29, 0.717) is 18.8 Å². The molecule has 0 saturated heterocycles. The van der Waals surface area contributed by atoms with Crippen molar-refractivity contribution in [2.45, 2.75) is 124 Å². The van der Waals surface area contributed by atoms with E-state index in [0.717, 1.165) is 25.7 Å². The predicted molar refractivity (Wildman–Crippen MR) is 121 cm³/mol. The second-order valence-corrected chi connectivity index (χ2v) is 8.08. The van der Waals surface area contributed by atoms with E-state index < -0.39 is 11.9 Å². The van der Waals surface area contributed by atoms with E-state index in [9.17, 15) is 9.59 Å². The molecule has 0 amide bonds. The molecule has 0 rings (SSSR count). The van der Waals surface area contributed by atoms with Crippen molar-refractivity contribution < 1.29 is 19.1 Å². The summed E-state index contributed by atoms with van der Waals surface area (Å²) >= 11 is 0. The number of rotatable bonds is 20. The largest absolute Gasteiger partial charge is 0.463 e. The lowest BCUT2D eigenvalue weighted by Crippen LogP contribution is -2.10. The molecule has 0 bridgehead atoms. The third-order valence-corrected chi connectivity index (χ3v) is 5.13. The zero-order valence-corrected chi connectivity index (χ0v) is 19.4. The van der Waals surface area contributed by atoms with Gasteiger partial charge >= 0.3 is 11.9 Å². The average molecular weight is 411 g/mol. The number of unbranched alkanes of at least 4 members (excludes halogenated alkanes) is 14. The summed E-state index contributed by atoms with van der Waals surface area (Å²) in [5.41, 5.74) is 0.311. The maximum Gasteiger partial charge on any atom is 0.333 e. The van der Waals surface area contributed by atoms with Gasteiger partial charge in [-0.25, -0.2) is 9.59 Å². The van der Waals surface area contributed by atoms with Gasteiger partial charge in [-0.05, 0) is 19.8 Å². The first-order chi connectivity index (χ1) is 14.1. The lowest BCUT2D eigenvalue weighted by Gasteiger charge is -2.06. The number of carbonyl (C=O) groups excluding carboxylic acids is 2. The fourth-order valence-corrected chi connectivity index (χ4v) is 3.20. The zero-order valence-electron chi connectivity index (χ0n) is 19.4. The van der Waals surface area contributed by atoms with E-state index in [4.69, 9.17) is 9.47 Å². The van der Waals surface area contributed by atoms with Gasteiger partial charge in [-0.15, -0.1) is 0 Å². The molecule has 0 radical (unpaired) electrons. The molecular formula is C25H46O4. The van der Waals surface area contributed by atoms with E-state index in [1.54, 1.807) is 6.92 Å². The SMILES string of the molecule is CCCCCCCCCCOC(=O)/C=C(\C)C(=O)OCCCCCCCCCC. The van der Waals surface area contributed by atoms with Crippen LogP contribution in [-0.4, -0.2) is 25.2 Å². The van der Waals surface area contributed by atoms with Crippen molar-refractivity contribution >= 4 is 11.9 Å². The highest BCUT2D eigenvalue weighted by atomic mass is 16.5. The van der Waals surface area contributed by atoms with Crippen molar-refractivity contribution in [3.05, 3.63) is 11.6 Å². The second kappa shape index (κ2) is 21.4. The molecule has 4 nitrogen and oxygen atoms in total. The molecule has 0 unspecified atom stereocenters. The van der Waals surface area contributed by atoms with Crippen LogP contribution in [0.2, 0.25) is 0 Å². The van der Waals surface area contributed by atoms with Crippen molar-refractivity contribution in [3.63, 3.8) is 0 Å². The van der Waals surface area contributed by atoms with E-state index in [-0.39, 0.29) is 0 Å². The summed E-state index contributed by atoms with van der Waals surface area (Å²) in [7, 11) is 0. The van der Waals surface area contributed by atoms with Crippen LogP contribution in [0.15, 0.2) is 11.6 Å². The second-order valence-electron chi connectivity index (χ2n) is 8.08. The minimum atomic E-state index is -0.450. The normalized spacial score (nSPS) is 11.5. The summed E-state index contributed by atoms with van der Waals surface area (Å²) < 4.78 is 10.4. The van der Waals surface area contributed by atoms with Crippen molar-refractivity contribution in [3.8, 4) is 0 Å². The van der Waals surface area contributed by atoms with Crippen molar-refractivity contribution in [1.82, 2.24) is 0 Å². The Labute approximate surface area is 179 Å². The molecule has 0 aliphatic rings. The number of hydrogen-bond donors (Lipinski definition) is 0. The number of hydrogen-bond acceptors (Lipinski definition) is 4. The molecule has 0 heterocycles. The molecule has 170 valence electrons. The summed E-state index contributed by atoms with van der Waals surface area (Å²) in [6.45, 7) is 6.90. The highest BCUT2D eigenvalue weighted by Crippen LogP contribution is 2.10. The van der Waals surface area contributed by atoms with Crippen LogP contribution in [0, 0.1) is 0 Å². The highest BCUT2D eigenvalue weighted by Gasteiger charge is 2.09. The van der Waals surface area contributed by atoms with Gasteiger partial charge in [0.15, 0.2) is 0 Å². The van der Waals surface area contributed by atoms with Gasteiger partial charge in [0.1, 0.15) is 0 Å². The molecule has 0 fully saturated rings. The Morgan fingerprint density at radius 1 is 0.586 bits per heavy atom. The van der Waals surface area contributed by atoms with Crippen LogP contribution in [0.5, 0.6) is 0 Å². The molecule has 0 aromatic heterocycles. The fraction of sp³-hybridized carbons (Fsp3) is 0.840. The molecule has 0 aromatic rings. The van der Waals surface area contributed by atoms with Crippen LogP contribution in [0.3, 0.4) is 0 Å². The standard InChI is InChI=1S/C25H46O4/c1-4-6-8-10-12-14-16-18-20-28-24(26)22-23(3)25(27)29-21-19-17-15-13-11-9-7-5-2/h22H,4-21H2,1-3H3/b23-22+. The average Bonchev–Trinajstić information content (AvgIpc) is 2.71. The predicted octanol–water partition coefficient (Wildman–Crippen LogP) is 7.30. The minimum absolute atomic E-state index is 0.311. The maximum absolute atomic E-state index is 11.9. The third kappa shape index (κ3) is 19.8. The molecule has 0 aliphatic carbocycles. The lowest BCUT2D eigenvalue weighted by molar-refractivity contribution is -0.141. The van der Waals surface area contributed by atoms with Crippen molar-refractivity contribution in [2.75, 3.05) is 13.2 Å². The number of carbonyl (C=O) groups is 2. The minimum Gasteiger partial charge on any atom is -0.463 e. The van der Waals surface area contributed by atoms with Gasteiger partial charge in [0.25, 0.3) is 0 Å². The van der Waals surface area contributed by atoms with Gasteiger partial charge in [-0.2, -0.15) is 0 Å². The smallest absolute Gasteiger partial charge is 0.333 e. The van der Waals surface area contributed by atoms with Crippen molar-refractivity contribution in [2.24, 2.45) is 0 Å². The van der Waals surface area contributed by atoms with Crippen LogP contribution in [0.1, 0.15) is 124 Å². The lowest BCUT2D eigenvalue weighted by atomic mass is 10.1. The quantitative estimate of drug-likeness (QED) is 0.120. The summed E-state index contributed by atoms with van der Waals surface area (Å²) in [5, 5.41) is 0. The molecule has 0 atom stereocenters. The Balaban J connectivity index is 3.63. The van der Waals surface area contributed by atoms with Gasteiger partial charge in [0.05, 0.1) is 13.2 Å². The molecule has 0 aliphatic heterocycles. The first-order valence-corrected chi connectivity index (χ1v) is 12.1. The van der Waals surface area contributed by atoms with E-state index >= 15 is 0 Å². The number of ether oxygens (including phenoxy) is 2. The van der Waals surface area contributed by atoms with Crippen molar-refractivity contribution in [1.29, 1.82) is 0 Å². The third-order valence-electron chi connectivity index (χ3n) is 5.13. The molecule has 0 spiro atoms. The first kappa shape index (κ1) is 27.7. The van der Waals surface area contributed by atoms with Crippen LogP contribution in [-0.2, 0) is 19.1 Å². The highest BCUT2D eigenvalue weighted by molar-refractivity contribution is 5.95. The van der Waals surface area contributed by atoms with E-state index in [1.807, 2.05) is 0 Å². The molecule has 4 heteroatoms. The number of esters is 2. The van der Waals surface area contributed by atoms with E-state index in [2.05, 4.69) is 13.8 Å². The molecule has 29 heavy (non-hydrogen) atoms. The summed E-state index contributed by atoms with van der Waals surface area (Å²) in [5.74, 6) is -0.869. The maximum atomic E-state index is 11.9. The van der Waals surface area contributed by atoms with Crippen LogP contribution in [0.25, 0.3) is 0 Å². The Morgan fingerprint density at radius 3 is 1.41 bits per heavy atom. The van der Waals surface area contributed by atoms with Gasteiger partial charge in [-0.3, -0.25) is 0 Å². The van der Waals surface area contributed by atoms with Gasteiger partial charge in [0, 0.05) is 11.6 Å². The Hall–Kier alpha value is -1.32. The summed E-state index contributed by atoms with van der Waals surface area (Å²) in [4.78, 5) is 23.7. The van der Waals surface area contributed by atoms with Gasteiger partial charge in [0.2, 0.25) is 0 Å². The fourth-order valence-electron chi connectivity index (χ4n) is 3.20. The summed E-state index contributed by atoms with van der Waals surface area (Å²) in [6, 6.07) is 0. The Morgan fingerprint density at radius 2 is 0.966 bits per heavy atom. The van der Waals surface area contributed by atoms with Crippen LogP contribution < -0.4 is 0 Å². The van der Waals surface area contributed by atoms with Crippen LogP contribution in [0.4, 0.5) is 0 Å². The molecular weight excluding hydrogens is 364 g/mol. The zero-order chi connectivity index (χ0) is 21.6. The van der Waals surface area contributed by atoms with Crippen LogP contribution >= 0.6 is 0 Å². The van der Waals surface area contributed by atoms with Gasteiger partial charge in [-0.1, -0.05) is 104 Å². The summed E-state index contributed by atoms with van der Waals surface area (Å²) in [6.07, 6.45) is 20.6. The monoisotopic (exact) mass is 410 g/mol.